The van der Waals surface area contributed by atoms with Gasteiger partial charge in [-0.3, -0.25) is 4.79 Å². The molecular weight excluding hydrogens is 255 g/mol. The first-order valence-electron chi connectivity index (χ1n) is 6.39. The Kier molecular flexibility index (Phi) is 4.12. The monoisotopic (exact) mass is 271 g/mol. The summed E-state index contributed by atoms with van der Waals surface area (Å²) in [7, 11) is 0. The lowest BCUT2D eigenvalue weighted by Crippen LogP contribution is -2.34. The average Bonchev–Trinajstić information content (AvgIpc) is 2.39. The van der Waals surface area contributed by atoms with E-state index in [2.05, 4.69) is 5.32 Å². The topological polar surface area (TPSA) is 29.1 Å². The summed E-state index contributed by atoms with van der Waals surface area (Å²) in [4.78, 5) is 12.0. The molecule has 1 aliphatic carbocycles. The van der Waals surface area contributed by atoms with Gasteiger partial charge in [-0.15, -0.1) is 0 Å². The Morgan fingerprint density at radius 2 is 1.84 bits per heavy atom. The number of hydrogen-bond acceptors (Lipinski definition) is 1. The van der Waals surface area contributed by atoms with Crippen LogP contribution in [0.5, 0.6) is 0 Å². The highest BCUT2D eigenvalue weighted by Gasteiger charge is 2.43. The van der Waals surface area contributed by atoms with Gasteiger partial charge in [0.05, 0.1) is 5.92 Å². The Morgan fingerprint density at radius 1 is 1.16 bits per heavy atom. The minimum Gasteiger partial charge on any atom is -0.326 e. The van der Waals surface area contributed by atoms with Crippen molar-refractivity contribution in [2.75, 3.05) is 5.32 Å². The van der Waals surface area contributed by atoms with Gasteiger partial charge in [-0.2, -0.15) is 13.2 Å². The Hall–Kier alpha value is -1.52. The van der Waals surface area contributed by atoms with Crippen molar-refractivity contribution in [2.45, 2.75) is 31.9 Å². The van der Waals surface area contributed by atoms with Crippen LogP contribution in [0.15, 0.2) is 30.3 Å². The van der Waals surface area contributed by atoms with E-state index in [0.29, 0.717) is 18.5 Å². The fourth-order valence-electron chi connectivity index (χ4n) is 2.49. The molecule has 104 valence electrons. The summed E-state index contributed by atoms with van der Waals surface area (Å²) in [5, 5.41) is 2.68. The molecule has 2 unspecified atom stereocenters. The average molecular weight is 271 g/mol. The van der Waals surface area contributed by atoms with Crippen LogP contribution in [-0.4, -0.2) is 12.1 Å². The lowest BCUT2D eigenvalue weighted by atomic mass is 9.80. The number of rotatable bonds is 2. The Labute approximate surface area is 110 Å². The van der Waals surface area contributed by atoms with Crippen molar-refractivity contribution in [3.05, 3.63) is 30.3 Å². The number of alkyl halides is 3. The Morgan fingerprint density at radius 3 is 2.47 bits per heavy atom. The molecular formula is C14H16F3NO. The third-order valence-electron chi connectivity index (χ3n) is 3.55. The molecule has 1 N–H and O–H groups in total. The van der Waals surface area contributed by atoms with Crippen molar-refractivity contribution in [2.24, 2.45) is 11.8 Å². The molecule has 1 aromatic carbocycles. The van der Waals surface area contributed by atoms with Crippen LogP contribution in [0.25, 0.3) is 0 Å². The zero-order valence-electron chi connectivity index (χ0n) is 10.4. The summed E-state index contributed by atoms with van der Waals surface area (Å²) in [5.74, 6) is -2.19. The summed E-state index contributed by atoms with van der Waals surface area (Å²) in [6, 6.07) is 8.81. The van der Waals surface area contributed by atoms with E-state index in [1.165, 1.54) is 0 Å². The van der Waals surface area contributed by atoms with Crippen molar-refractivity contribution in [3.8, 4) is 0 Å². The number of nitrogens with one attached hydrogen (secondary N) is 1. The third-order valence-corrected chi connectivity index (χ3v) is 3.55. The summed E-state index contributed by atoms with van der Waals surface area (Å²) >= 11 is 0. The van der Waals surface area contributed by atoms with Crippen molar-refractivity contribution in [1.82, 2.24) is 0 Å². The molecule has 2 atom stereocenters. The Bertz CT molecular complexity index is 430. The molecule has 1 aromatic rings. The smallest absolute Gasteiger partial charge is 0.326 e. The first kappa shape index (κ1) is 13.9. The summed E-state index contributed by atoms with van der Waals surface area (Å²) in [6.45, 7) is 0. The summed E-state index contributed by atoms with van der Waals surface area (Å²) in [6.07, 6.45) is -3.16. The van der Waals surface area contributed by atoms with Crippen LogP contribution in [0.4, 0.5) is 18.9 Å². The highest BCUT2D eigenvalue weighted by Crippen LogP contribution is 2.40. The SMILES string of the molecule is O=C(Nc1ccccc1)C1CCCC(C(F)(F)F)C1. The zero-order valence-corrected chi connectivity index (χ0v) is 10.4. The van der Waals surface area contributed by atoms with Gasteiger partial charge in [0.1, 0.15) is 0 Å². The minimum atomic E-state index is -4.19. The number of carbonyl (C=O) groups is 1. The molecule has 1 amide bonds. The van der Waals surface area contributed by atoms with Gasteiger partial charge < -0.3 is 5.32 Å². The molecule has 2 rings (SSSR count). The normalized spacial score (nSPS) is 23.9. The van der Waals surface area contributed by atoms with Crippen LogP contribution >= 0.6 is 0 Å². The molecule has 0 radical (unpaired) electrons. The van der Waals surface area contributed by atoms with Gasteiger partial charge in [-0.05, 0) is 31.4 Å². The lowest BCUT2D eigenvalue weighted by Gasteiger charge is -2.29. The van der Waals surface area contributed by atoms with Crippen molar-refractivity contribution in [3.63, 3.8) is 0 Å². The van der Waals surface area contributed by atoms with Crippen LogP contribution in [0.2, 0.25) is 0 Å². The molecule has 2 nitrogen and oxygen atoms in total. The van der Waals surface area contributed by atoms with Gasteiger partial charge in [0.25, 0.3) is 0 Å². The van der Waals surface area contributed by atoms with E-state index in [1.54, 1.807) is 24.3 Å². The van der Waals surface area contributed by atoms with Crippen molar-refractivity contribution in [1.29, 1.82) is 0 Å². The first-order valence-corrected chi connectivity index (χ1v) is 6.39. The summed E-state index contributed by atoms with van der Waals surface area (Å²) in [5.41, 5.74) is 0.627. The van der Waals surface area contributed by atoms with E-state index in [4.69, 9.17) is 0 Å². The van der Waals surface area contributed by atoms with E-state index in [-0.39, 0.29) is 18.7 Å². The number of para-hydroxylation sites is 1. The predicted octanol–water partition coefficient (Wildman–Crippen LogP) is 3.99. The maximum absolute atomic E-state index is 12.7. The maximum Gasteiger partial charge on any atom is 0.391 e. The molecule has 1 fully saturated rings. The lowest BCUT2D eigenvalue weighted by molar-refractivity contribution is -0.185. The van der Waals surface area contributed by atoms with Gasteiger partial charge in [0, 0.05) is 11.6 Å². The molecule has 0 heterocycles. The minimum absolute atomic E-state index is 0.0951. The third kappa shape index (κ3) is 3.72. The molecule has 0 aromatic heterocycles. The quantitative estimate of drug-likeness (QED) is 0.865. The summed E-state index contributed by atoms with van der Waals surface area (Å²) < 4.78 is 38.0. The van der Waals surface area contributed by atoms with Crippen molar-refractivity contribution < 1.29 is 18.0 Å². The van der Waals surface area contributed by atoms with E-state index in [1.807, 2.05) is 6.07 Å². The van der Waals surface area contributed by atoms with Crippen LogP contribution < -0.4 is 5.32 Å². The largest absolute Gasteiger partial charge is 0.391 e. The van der Waals surface area contributed by atoms with Gasteiger partial charge in [-0.25, -0.2) is 0 Å². The number of benzene rings is 1. The maximum atomic E-state index is 12.7. The fourth-order valence-corrected chi connectivity index (χ4v) is 2.49. The second-order valence-corrected chi connectivity index (χ2v) is 4.96. The molecule has 1 saturated carbocycles. The van der Waals surface area contributed by atoms with Gasteiger partial charge >= 0.3 is 6.18 Å². The Balaban J connectivity index is 1.96. The van der Waals surface area contributed by atoms with E-state index >= 15 is 0 Å². The first-order chi connectivity index (χ1) is 8.97. The van der Waals surface area contributed by atoms with Crippen molar-refractivity contribution >= 4 is 11.6 Å². The molecule has 0 aliphatic heterocycles. The van der Waals surface area contributed by atoms with Crippen LogP contribution in [-0.2, 0) is 4.79 Å². The number of anilines is 1. The fraction of sp³-hybridized carbons (Fsp3) is 0.500. The molecule has 1 aliphatic rings. The number of carbonyl (C=O) groups excluding carboxylic acids is 1. The number of amides is 1. The van der Waals surface area contributed by atoms with Gasteiger partial charge in [0.15, 0.2) is 0 Å². The number of hydrogen-bond donors (Lipinski definition) is 1. The molecule has 5 heteroatoms. The van der Waals surface area contributed by atoms with E-state index in [0.717, 1.165) is 0 Å². The van der Waals surface area contributed by atoms with Crippen LogP contribution in [0, 0.1) is 11.8 Å². The standard InChI is InChI=1S/C14H16F3NO/c15-14(16,17)11-6-4-5-10(9-11)13(19)18-12-7-2-1-3-8-12/h1-3,7-8,10-11H,4-6,9H2,(H,18,19). The van der Waals surface area contributed by atoms with Crippen LogP contribution in [0.3, 0.4) is 0 Å². The van der Waals surface area contributed by atoms with Gasteiger partial charge in [0.2, 0.25) is 5.91 Å². The van der Waals surface area contributed by atoms with Gasteiger partial charge in [-0.1, -0.05) is 24.6 Å². The second kappa shape index (κ2) is 5.63. The molecule has 0 spiro atoms. The highest BCUT2D eigenvalue weighted by atomic mass is 19.4. The molecule has 19 heavy (non-hydrogen) atoms. The molecule has 0 bridgehead atoms. The highest BCUT2D eigenvalue weighted by molar-refractivity contribution is 5.92. The van der Waals surface area contributed by atoms with E-state index < -0.39 is 18.0 Å². The molecule has 0 saturated heterocycles. The number of halogens is 3. The van der Waals surface area contributed by atoms with E-state index in [9.17, 15) is 18.0 Å². The second-order valence-electron chi connectivity index (χ2n) is 4.96. The van der Waals surface area contributed by atoms with Crippen LogP contribution in [0.1, 0.15) is 25.7 Å². The predicted molar refractivity (Wildman–Crippen MR) is 66.6 cm³/mol. The zero-order chi connectivity index (χ0) is 13.9.